The molecule has 0 bridgehead atoms. The molecule has 0 saturated carbocycles. The van der Waals surface area contributed by atoms with Crippen molar-refractivity contribution in [3.8, 4) is 0 Å². The first-order valence-corrected chi connectivity index (χ1v) is 8.62. The molecule has 2 N–H and O–H groups in total. The Morgan fingerprint density at radius 2 is 1.79 bits per heavy atom. The number of hydrogen-bond acceptors (Lipinski definition) is 3. The van der Waals surface area contributed by atoms with Crippen LogP contribution in [0.4, 0.5) is 0 Å². The smallest absolute Gasteiger partial charge is 0.287 e. The number of rotatable bonds is 7. The molecule has 0 fully saturated rings. The van der Waals surface area contributed by atoms with Crippen LogP contribution >= 0.6 is 15.9 Å². The van der Waals surface area contributed by atoms with E-state index in [1.54, 1.807) is 12.1 Å². The largest absolute Gasteiger partial charge is 0.444 e. The summed E-state index contributed by atoms with van der Waals surface area (Å²) in [5.41, 5.74) is 1.19. The topological polar surface area (TPSA) is 71.3 Å². The first-order chi connectivity index (χ1) is 11.5. The molecule has 1 unspecified atom stereocenters. The van der Waals surface area contributed by atoms with Gasteiger partial charge in [0.15, 0.2) is 10.4 Å². The highest BCUT2D eigenvalue weighted by molar-refractivity contribution is 9.10. The SMILES string of the molecule is CC(C)C(CNC(=O)CNC(=O)c1ccc(Br)o1)c1ccccc1. The summed E-state index contributed by atoms with van der Waals surface area (Å²) in [4.78, 5) is 23.8. The lowest BCUT2D eigenvalue weighted by molar-refractivity contribution is -0.120. The van der Waals surface area contributed by atoms with Crippen molar-refractivity contribution >= 4 is 27.7 Å². The van der Waals surface area contributed by atoms with Gasteiger partial charge in [-0.05, 0) is 39.5 Å². The summed E-state index contributed by atoms with van der Waals surface area (Å²) >= 11 is 3.13. The molecule has 6 heteroatoms. The summed E-state index contributed by atoms with van der Waals surface area (Å²) in [6, 6.07) is 13.3. The molecule has 0 saturated heterocycles. The van der Waals surface area contributed by atoms with Gasteiger partial charge in [0.25, 0.3) is 5.91 Å². The second kappa shape index (κ2) is 8.68. The maximum absolute atomic E-state index is 12.0. The van der Waals surface area contributed by atoms with Gasteiger partial charge in [-0.25, -0.2) is 0 Å². The van der Waals surface area contributed by atoms with Crippen molar-refractivity contribution < 1.29 is 14.0 Å². The van der Waals surface area contributed by atoms with Crippen LogP contribution in [0.1, 0.15) is 35.9 Å². The molecule has 2 aromatic rings. The second-order valence-corrected chi connectivity index (χ2v) is 6.63. The van der Waals surface area contributed by atoms with Gasteiger partial charge in [0.05, 0.1) is 6.54 Å². The number of amides is 2. The molecule has 2 rings (SSSR count). The van der Waals surface area contributed by atoms with Crippen LogP contribution in [-0.4, -0.2) is 24.9 Å². The first-order valence-electron chi connectivity index (χ1n) is 7.82. The molecule has 0 spiro atoms. The Morgan fingerprint density at radius 3 is 2.38 bits per heavy atom. The fourth-order valence-corrected chi connectivity index (χ4v) is 2.72. The zero-order chi connectivity index (χ0) is 17.5. The molecule has 128 valence electrons. The van der Waals surface area contributed by atoms with Crippen LogP contribution in [0.2, 0.25) is 0 Å². The summed E-state index contributed by atoms with van der Waals surface area (Å²) in [6.07, 6.45) is 0. The molecule has 1 atom stereocenters. The van der Waals surface area contributed by atoms with Crippen LogP contribution in [0.3, 0.4) is 0 Å². The number of halogens is 1. The van der Waals surface area contributed by atoms with E-state index in [9.17, 15) is 9.59 Å². The quantitative estimate of drug-likeness (QED) is 0.758. The molecule has 24 heavy (non-hydrogen) atoms. The third kappa shape index (κ3) is 5.23. The maximum atomic E-state index is 12.0. The molecule has 0 aliphatic heterocycles. The van der Waals surface area contributed by atoms with Crippen molar-refractivity contribution in [1.82, 2.24) is 10.6 Å². The Bertz CT molecular complexity index is 683. The van der Waals surface area contributed by atoms with Crippen molar-refractivity contribution in [1.29, 1.82) is 0 Å². The molecular formula is C18H21BrN2O3. The van der Waals surface area contributed by atoms with E-state index >= 15 is 0 Å². The Hall–Kier alpha value is -2.08. The summed E-state index contributed by atoms with van der Waals surface area (Å²) in [5.74, 6) is 0.142. The fourth-order valence-electron chi connectivity index (χ4n) is 2.41. The van der Waals surface area contributed by atoms with Gasteiger partial charge < -0.3 is 15.1 Å². The van der Waals surface area contributed by atoms with E-state index in [0.29, 0.717) is 17.1 Å². The lowest BCUT2D eigenvalue weighted by Gasteiger charge is -2.22. The Balaban J connectivity index is 1.82. The standard InChI is InChI=1S/C18H21BrN2O3/c1-12(2)14(13-6-4-3-5-7-13)10-20-17(22)11-21-18(23)15-8-9-16(19)24-15/h3-9,12,14H,10-11H2,1-2H3,(H,20,22)(H,21,23). The van der Waals surface area contributed by atoms with Gasteiger partial charge in [0, 0.05) is 12.5 Å². The second-order valence-electron chi connectivity index (χ2n) is 5.85. The Labute approximate surface area is 149 Å². The minimum atomic E-state index is -0.417. The number of carbonyl (C=O) groups excluding carboxylic acids is 2. The van der Waals surface area contributed by atoms with Gasteiger partial charge in [-0.3, -0.25) is 9.59 Å². The van der Waals surface area contributed by atoms with Crippen LogP contribution in [0.15, 0.2) is 51.6 Å². The molecule has 1 aromatic carbocycles. The van der Waals surface area contributed by atoms with Gasteiger partial charge in [0.2, 0.25) is 5.91 Å². The number of carbonyl (C=O) groups is 2. The Morgan fingerprint density at radius 1 is 1.08 bits per heavy atom. The van der Waals surface area contributed by atoms with E-state index in [1.807, 2.05) is 18.2 Å². The van der Waals surface area contributed by atoms with Crippen LogP contribution in [0.5, 0.6) is 0 Å². The molecule has 1 aromatic heterocycles. The van der Waals surface area contributed by atoms with Gasteiger partial charge in [-0.15, -0.1) is 0 Å². The molecule has 1 heterocycles. The fraction of sp³-hybridized carbons (Fsp3) is 0.333. The summed E-state index contributed by atoms with van der Waals surface area (Å²) in [7, 11) is 0. The van der Waals surface area contributed by atoms with E-state index in [-0.39, 0.29) is 24.1 Å². The van der Waals surface area contributed by atoms with Gasteiger partial charge >= 0.3 is 0 Å². The molecule has 0 aliphatic carbocycles. The molecule has 5 nitrogen and oxygen atoms in total. The van der Waals surface area contributed by atoms with Crippen LogP contribution in [0, 0.1) is 5.92 Å². The van der Waals surface area contributed by atoms with Crippen molar-refractivity contribution in [3.63, 3.8) is 0 Å². The molecule has 0 radical (unpaired) electrons. The summed E-state index contributed by atoms with van der Waals surface area (Å²) in [5, 5.41) is 5.42. The van der Waals surface area contributed by atoms with Gasteiger partial charge in [0.1, 0.15) is 0 Å². The van der Waals surface area contributed by atoms with Crippen molar-refractivity contribution in [2.45, 2.75) is 19.8 Å². The molecular weight excluding hydrogens is 372 g/mol. The van der Waals surface area contributed by atoms with Crippen molar-refractivity contribution in [3.05, 3.63) is 58.5 Å². The highest BCUT2D eigenvalue weighted by atomic mass is 79.9. The minimum Gasteiger partial charge on any atom is -0.444 e. The van der Waals surface area contributed by atoms with Gasteiger partial charge in [-0.2, -0.15) is 0 Å². The first kappa shape index (κ1) is 18.3. The zero-order valence-electron chi connectivity index (χ0n) is 13.7. The number of furan rings is 1. The van der Waals surface area contributed by atoms with E-state index in [1.165, 1.54) is 5.56 Å². The summed E-state index contributed by atoms with van der Waals surface area (Å²) < 4.78 is 5.61. The highest BCUT2D eigenvalue weighted by Crippen LogP contribution is 2.23. The normalized spacial score (nSPS) is 12.0. The average molecular weight is 393 g/mol. The number of nitrogens with one attached hydrogen (secondary N) is 2. The van der Waals surface area contributed by atoms with E-state index < -0.39 is 5.91 Å². The number of hydrogen-bond donors (Lipinski definition) is 2. The Kier molecular flexibility index (Phi) is 6.61. The third-order valence-electron chi connectivity index (χ3n) is 3.76. The van der Waals surface area contributed by atoms with Crippen LogP contribution in [-0.2, 0) is 4.79 Å². The van der Waals surface area contributed by atoms with E-state index in [2.05, 4.69) is 52.5 Å². The lowest BCUT2D eigenvalue weighted by Crippen LogP contribution is -2.39. The zero-order valence-corrected chi connectivity index (χ0v) is 15.3. The third-order valence-corrected chi connectivity index (χ3v) is 4.18. The number of benzene rings is 1. The molecule has 0 aliphatic rings. The minimum absolute atomic E-state index is 0.0866. The summed E-state index contributed by atoms with van der Waals surface area (Å²) in [6.45, 7) is 4.69. The maximum Gasteiger partial charge on any atom is 0.287 e. The van der Waals surface area contributed by atoms with E-state index in [0.717, 1.165) is 0 Å². The van der Waals surface area contributed by atoms with Crippen LogP contribution < -0.4 is 10.6 Å². The van der Waals surface area contributed by atoms with E-state index in [4.69, 9.17) is 4.42 Å². The predicted molar refractivity (Wildman–Crippen MR) is 95.8 cm³/mol. The average Bonchev–Trinajstić information content (AvgIpc) is 3.00. The lowest BCUT2D eigenvalue weighted by atomic mass is 9.88. The van der Waals surface area contributed by atoms with Crippen molar-refractivity contribution in [2.75, 3.05) is 13.1 Å². The van der Waals surface area contributed by atoms with Crippen molar-refractivity contribution in [2.24, 2.45) is 5.92 Å². The monoisotopic (exact) mass is 392 g/mol. The predicted octanol–water partition coefficient (Wildman–Crippen LogP) is 3.33. The van der Waals surface area contributed by atoms with Crippen LogP contribution in [0.25, 0.3) is 0 Å². The highest BCUT2D eigenvalue weighted by Gasteiger charge is 2.17. The molecule has 2 amide bonds. The van der Waals surface area contributed by atoms with Gasteiger partial charge in [-0.1, -0.05) is 44.2 Å².